The van der Waals surface area contributed by atoms with Crippen molar-refractivity contribution in [3.8, 4) is 11.5 Å². The number of anilines is 1. The molecule has 0 saturated carbocycles. The van der Waals surface area contributed by atoms with E-state index in [9.17, 15) is 13.6 Å². The van der Waals surface area contributed by atoms with Crippen LogP contribution in [0.5, 0.6) is 11.5 Å². The van der Waals surface area contributed by atoms with Crippen LogP contribution in [0, 0.1) is 0 Å². The minimum absolute atomic E-state index is 0.0775. The lowest BCUT2D eigenvalue weighted by Gasteiger charge is -2.04. The van der Waals surface area contributed by atoms with Crippen LogP contribution in [0.2, 0.25) is 0 Å². The van der Waals surface area contributed by atoms with Crippen molar-refractivity contribution in [2.45, 2.75) is 6.29 Å². The molecule has 1 amide bonds. The first-order valence-electron chi connectivity index (χ1n) is 5.27. The summed E-state index contributed by atoms with van der Waals surface area (Å²) in [6.45, 7) is 0. The predicted octanol–water partition coefficient (Wildman–Crippen LogP) is 2.85. The highest BCUT2D eigenvalue weighted by Crippen LogP contribution is 2.42. The van der Waals surface area contributed by atoms with E-state index in [0.29, 0.717) is 11.3 Å². The number of furan rings is 1. The van der Waals surface area contributed by atoms with Gasteiger partial charge in [-0.15, -0.1) is 8.78 Å². The summed E-state index contributed by atoms with van der Waals surface area (Å²) >= 11 is 0. The van der Waals surface area contributed by atoms with Gasteiger partial charge in [0.05, 0.1) is 11.8 Å². The molecule has 0 saturated heterocycles. The maximum atomic E-state index is 12.8. The van der Waals surface area contributed by atoms with Gasteiger partial charge in [0.15, 0.2) is 11.5 Å². The van der Waals surface area contributed by atoms with Crippen LogP contribution in [0.3, 0.4) is 0 Å². The number of alkyl halides is 2. The number of carbonyl (C=O) groups is 1. The van der Waals surface area contributed by atoms with E-state index in [2.05, 4.69) is 14.8 Å². The molecule has 0 unspecified atom stereocenters. The molecule has 1 aromatic heterocycles. The molecule has 98 valence electrons. The summed E-state index contributed by atoms with van der Waals surface area (Å²) in [5.41, 5.74) is 0.634. The normalized spacial score (nSPS) is 15.3. The number of benzene rings is 1. The molecule has 0 bridgehead atoms. The van der Waals surface area contributed by atoms with Gasteiger partial charge in [0.1, 0.15) is 6.26 Å². The number of hydrogen-bond acceptors (Lipinski definition) is 4. The number of hydrogen-bond donors (Lipinski definition) is 1. The monoisotopic (exact) mass is 267 g/mol. The average Bonchev–Trinajstić information content (AvgIpc) is 2.93. The van der Waals surface area contributed by atoms with Crippen LogP contribution in [0.1, 0.15) is 10.4 Å². The third kappa shape index (κ3) is 2.22. The van der Waals surface area contributed by atoms with Gasteiger partial charge in [-0.2, -0.15) is 0 Å². The third-order valence-corrected chi connectivity index (χ3v) is 2.44. The summed E-state index contributed by atoms with van der Waals surface area (Å²) in [4.78, 5) is 11.7. The van der Waals surface area contributed by atoms with Gasteiger partial charge in [0.2, 0.25) is 0 Å². The second-order valence-corrected chi connectivity index (χ2v) is 3.80. The van der Waals surface area contributed by atoms with Crippen LogP contribution in [0.4, 0.5) is 14.5 Å². The van der Waals surface area contributed by atoms with Crippen molar-refractivity contribution >= 4 is 11.6 Å². The van der Waals surface area contributed by atoms with Gasteiger partial charge in [0, 0.05) is 11.8 Å². The molecule has 2 aromatic rings. The fraction of sp³-hybridized carbons (Fsp3) is 0.0833. The minimum atomic E-state index is -3.67. The molecule has 1 N–H and O–H groups in total. The quantitative estimate of drug-likeness (QED) is 0.908. The van der Waals surface area contributed by atoms with Gasteiger partial charge >= 0.3 is 6.29 Å². The molecular formula is C12H7F2NO4. The van der Waals surface area contributed by atoms with Crippen LogP contribution >= 0.6 is 0 Å². The molecule has 2 heterocycles. The molecular weight excluding hydrogens is 260 g/mol. The lowest BCUT2D eigenvalue weighted by atomic mass is 10.2. The molecule has 1 aliphatic rings. The first-order valence-corrected chi connectivity index (χ1v) is 5.27. The van der Waals surface area contributed by atoms with E-state index in [1.165, 1.54) is 36.8 Å². The van der Waals surface area contributed by atoms with Crippen molar-refractivity contribution in [3.05, 3.63) is 42.4 Å². The molecule has 7 heteroatoms. The summed E-state index contributed by atoms with van der Waals surface area (Å²) in [6, 6.07) is 5.47. The first-order chi connectivity index (χ1) is 9.03. The van der Waals surface area contributed by atoms with Crippen molar-refractivity contribution in [2.24, 2.45) is 0 Å². The van der Waals surface area contributed by atoms with Gasteiger partial charge in [-0.25, -0.2) is 0 Å². The molecule has 0 aliphatic carbocycles. The third-order valence-electron chi connectivity index (χ3n) is 2.44. The number of amides is 1. The molecule has 3 rings (SSSR count). The number of fused-ring (bicyclic) bond motifs is 1. The highest BCUT2D eigenvalue weighted by atomic mass is 19.3. The fourth-order valence-corrected chi connectivity index (χ4v) is 1.62. The van der Waals surface area contributed by atoms with Crippen LogP contribution < -0.4 is 14.8 Å². The maximum Gasteiger partial charge on any atom is 0.586 e. The second-order valence-electron chi connectivity index (χ2n) is 3.80. The topological polar surface area (TPSA) is 60.7 Å². The summed E-state index contributed by atoms with van der Waals surface area (Å²) in [5.74, 6) is -0.624. The maximum absolute atomic E-state index is 12.8. The fourth-order valence-electron chi connectivity index (χ4n) is 1.62. The van der Waals surface area contributed by atoms with Crippen LogP contribution in [0.15, 0.2) is 41.2 Å². The SMILES string of the molecule is O=C(Nc1ccc2c(c1)OC(F)(F)O2)c1ccoc1. The van der Waals surface area contributed by atoms with E-state index < -0.39 is 12.2 Å². The van der Waals surface area contributed by atoms with Crippen molar-refractivity contribution in [1.82, 2.24) is 0 Å². The largest absolute Gasteiger partial charge is 0.586 e. The lowest BCUT2D eigenvalue weighted by Crippen LogP contribution is -2.25. The second kappa shape index (κ2) is 3.98. The van der Waals surface area contributed by atoms with Gasteiger partial charge in [-0.3, -0.25) is 4.79 Å². The zero-order valence-corrected chi connectivity index (χ0v) is 9.35. The van der Waals surface area contributed by atoms with Gasteiger partial charge in [0.25, 0.3) is 5.91 Å². The Labute approximate surface area is 105 Å². The summed E-state index contributed by atoms with van der Waals surface area (Å²) < 4.78 is 38.9. The zero-order chi connectivity index (χ0) is 13.5. The zero-order valence-electron chi connectivity index (χ0n) is 9.35. The Bertz CT molecular complexity index is 625. The molecule has 1 aromatic carbocycles. The number of ether oxygens (including phenoxy) is 2. The first kappa shape index (κ1) is 11.5. The Morgan fingerprint density at radius 1 is 1.16 bits per heavy atom. The number of rotatable bonds is 2. The molecule has 0 atom stereocenters. The summed E-state index contributed by atoms with van der Waals surface area (Å²) in [6.07, 6.45) is -1.04. The predicted molar refractivity (Wildman–Crippen MR) is 59.3 cm³/mol. The Morgan fingerprint density at radius 2 is 1.95 bits per heavy atom. The van der Waals surface area contributed by atoms with Crippen molar-refractivity contribution < 1.29 is 27.5 Å². The van der Waals surface area contributed by atoms with E-state index in [4.69, 9.17) is 4.42 Å². The van der Waals surface area contributed by atoms with E-state index in [1.54, 1.807) is 0 Å². The molecule has 0 spiro atoms. The van der Waals surface area contributed by atoms with E-state index >= 15 is 0 Å². The molecule has 19 heavy (non-hydrogen) atoms. The van der Waals surface area contributed by atoms with Crippen molar-refractivity contribution in [1.29, 1.82) is 0 Å². The number of carbonyl (C=O) groups excluding carboxylic acids is 1. The van der Waals surface area contributed by atoms with Gasteiger partial charge in [-0.05, 0) is 18.2 Å². The van der Waals surface area contributed by atoms with E-state index in [-0.39, 0.29) is 11.5 Å². The Balaban J connectivity index is 1.79. The molecule has 0 fully saturated rings. The smallest absolute Gasteiger partial charge is 0.472 e. The molecule has 1 aliphatic heterocycles. The van der Waals surface area contributed by atoms with Gasteiger partial charge < -0.3 is 19.2 Å². The summed E-state index contributed by atoms with van der Waals surface area (Å²) in [7, 11) is 0. The van der Waals surface area contributed by atoms with Gasteiger partial charge in [-0.1, -0.05) is 0 Å². The highest BCUT2D eigenvalue weighted by Gasteiger charge is 2.43. The Morgan fingerprint density at radius 3 is 2.68 bits per heavy atom. The summed E-state index contributed by atoms with van der Waals surface area (Å²) in [5, 5.41) is 2.52. The number of halogens is 2. The number of nitrogens with one attached hydrogen (secondary N) is 1. The standard InChI is InChI=1S/C12H7F2NO4/c13-12(14)18-9-2-1-8(5-10(9)19-12)15-11(16)7-3-4-17-6-7/h1-6H,(H,15,16). The van der Waals surface area contributed by atoms with Crippen LogP contribution in [0.25, 0.3) is 0 Å². The minimum Gasteiger partial charge on any atom is -0.472 e. The van der Waals surface area contributed by atoms with Crippen LogP contribution in [-0.2, 0) is 0 Å². The van der Waals surface area contributed by atoms with E-state index in [1.807, 2.05) is 0 Å². The average molecular weight is 267 g/mol. The van der Waals surface area contributed by atoms with Crippen molar-refractivity contribution in [3.63, 3.8) is 0 Å². The Kier molecular flexibility index (Phi) is 2.41. The lowest BCUT2D eigenvalue weighted by molar-refractivity contribution is -0.286. The highest BCUT2D eigenvalue weighted by molar-refractivity contribution is 6.04. The molecule has 0 radical (unpaired) electrons. The van der Waals surface area contributed by atoms with Crippen molar-refractivity contribution in [2.75, 3.05) is 5.32 Å². The van der Waals surface area contributed by atoms with Crippen LogP contribution in [-0.4, -0.2) is 12.2 Å². The Hall–Kier alpha value is -2.57. The molecule has 5 nitrogen and oxygen atoms in total. The van der Waals surface area contributed by atoms with E-state index in [0.717, 1.165) is 0 Å².